The Hall–Kier alpha value is -0.440. The third-order valence-corrected chi connectivity index (χ3v) is 6.21. The van der Waals surface area contributed by atoms with Gasteiger partial charge in [0.05, 0.1) is 6.54 Å². The third-order valence-electron chi connectivity index (χ3n) is 2.14. The van der Waals surface area contributed by atoms with Crippen LogP contribution in [0.4, 0.5) is 0 Å². The second-order valence-electron chi connectivity index (χ2n) is 3.29. The van der Waals surface area contributed by atoms with Crippen LogP contribution in [0.2, 0.25) is 0 Å². The molecule has 0 unspecified atom stereocenters. The summed E-state index contributed by atoms with van der Waals surface area (Å²) in [5.41, 5.74) is 0. The van der Waals surface area contributed by atoms with Crippen LogP contribution in [0.1, 0.15) is 6.92 Å². The minimum atomic E-state index is -3.61. The van der Waals surface area contributed by atoms with E-state index in [-0.39, 0.29) is 16.7 Å². The van der Waals surface area contributed by atoms with Crippen molar-refractivity contribution in [3.05, 3.63) is 15.9 Å². The first-order valence-electron chi connectivity index (χ1n) is 4.85. The third kappa shape index (κ3) is 3.77. The summed E-state index contributed by atoms with van der Waals surface area (Å²) in [6, 6.07) is 1.65. The summed E-state index contributed by atoms with van der Waals surface area (Å²) in [5, 5.41) is 1.67. The van der Waals surface area contributed by atoms with Crippen LogP contribution < -0.4 is 4.72 Å². The summed E-state index contributed by atoms with van der Waals surface area (Å²) in [6.07, 6.45) is 0. The van der Waals surface area contributed by atoms with Gasteiger partial charge in [0, 0.05) is 18.1 Å². The van der Waals surface area contributed by atoms with Gasteiger partial charge < -0.3 is 4.90 Å². The van der Waals surface area contributed by atoms with Crippen molar-refractivity contribution >= 4 is 43.2 Å². The maximum absolute atomic E-state index is 11.8. The van der Waals surface area contributed by atoms with Crippen molar-refractivity contribution < 1.29 is 13.2 Å². The molecule has 1 rings (SSSR count). The number of hydrogen-bond donors (Lipinski definition) is 1. The standard InChI is InChI=1S/C9H13BrN2O3S2/c1-3-12(2)8(13)6-11-17(14,15)9-7(10)4-5-16-9/h4-5,11H,3,6H2,1-2H3. The number of carbonyl (C=O) groups is 1. The van der Waals surface area contributed by atoms with Crippen molar-refractivity contribution in [2.24, 2.45) is 0 Å². The fourth-order valence-electron chi connectivity index (χ4n) is 1.01. The molecular weight excluding hydrogens is 328 g/mol. The van der Waals surface area contributed by atoms with Crippen molar-refractivity contribution in [3.63, 3.8) is 0 Å². The van der Waals surface area contributed by atoms with Gasteiger partial charge in [-0.05, 0) is 34.3 Å². The monoisotopic (exact) mass is 340 g/mol. The molecule has 0 bridgehead atoms. The number of thiophene rings is 1. The van der Waals surface area contributed by atoms with E-state index < -0.39 is 10.0 Å². The molecule has 0 aromatic carbocycles. The van der Waals surface area contributed by atoms with Crippen molar-refractivity contribution in [2.75, 3.05) is 20.1 Å². The molecule has 1 aromatic rings. The number of nitrogens with zero attached hydrogens (tertiary/aromatic N) is 1. The van der Waals surface area contributed by atoms with E-state index in [4.69, 9.17) is 0 Å². The molecule has 0 aliphatic rings. The van der Waals surface area contributed by atoms with Gasteiger partial charge in [0.15, 0.2) is 0 Å². The van der Waals surface area contributed by atoms with E-state index in [1.807, 2.05) is 6.92 Å². The lowest BCUT2D eigenvalue weighted by molar-refractivity contribution is -0.128. The van der Waals surface area contributed by atoms with Crippen LogP contribution in [0.25, 0.3) is 0 Å². The molecule has 0 saturated heterocycles. The smallest absolute Gasteiger partial charge is 0.251 e. The Kier molecular flexibility index (Phi) is 5.11. The van der Waals surface area contributed by atoms with Crippen LogP contribution in [0.3, 0.4) is 0 Å². The Morgan fingerprint density at radius 2 is 2.24 bits per heavy atom. The molecule has 0 saturated carbocycles. The van der Waals surface area contributed by atoms with E-state index in [9.17, 15) is 13.2 Å². The molecule has 1 aromatic heterocycles. The van der Waals surface area contributed by atoms with E-state index in [2.05, 4.69) is 20.7 Å². The fourth-order valence-corrected chi connectivity index (χ4v) is 4.36. The molecule has 0 spiro atoms. The SMILES string of the molecule is CCN(C)C(=O)CNS(=O)(=O)c1sccc1Br. The van der Waals surface area contributed by atoms with Crippen LogP contribution in [0, 0.1) is 0 Å². The maximum Gasteiger partial charge on any atom is 0.251 e. The van der Waals surface area contributed by atoms with Gasteiger partial charge in [-0.25, -0.2) is 13.1 Å². The average Bonchev–Trinajstić information content (AvgIpc) is 2.72. The summed E-state index contributed by atoms with van der Waals surface area (Å²) in [6.45, 7) is 2.14. The molecule has 17 heavy (non-hydrogen) atoms. The minimum absolute atomic E-state index is 0.185. The average molecular weight is 341 g/mol. The molecule has 0 radical (unpaired) electrons. The summed E-state index contributed by atoms with van der Waals surface area (Å²) < 4.78 is 26.6. The zero-order valence-corrected chi connectivity index (χ0v) is 12.7. The van der Waals surface area contributed by atoms with Crippen LogP contribution in [0.5, 0.6) is 0 Å². The molecule has 0 fully saturated rings. The molecular formula is C9H13BrN2O3S2. The number of sulfonamides is 1. The quantitative estimate of drug-likeness (QED) is 0.877. The van der Waals surface area contributed by atoms with Crippen molar-refractivity contribution in [1.29, 1.82) is 0 Å². The highest BCUT2D eigenvalue weighted by molar-refractivity contribution is 9.10. The topological polar surface area (TPSA) is 66.5 Å². The Morgan fingerprint density at radius 3 is 2.71 bits per heavy atom. The summed E-state index contributed by atoms with van der Waals surface area (Å²) in [7, 11) is -1.99. The molecule has 1 N–H and O–H groups in total. The van der Waals surface area contributed by atoms with Gasteiger partial charge in [-0.15, -0.1) is 11.3 Å². The zero-order valence-electron chi connectivity index (χ0n) is 9.44. The molecule has 1 heterocycles. The number of nitrogens with one attached hydrogen (secondary N) is 1. The molecule has 96 valence electrons. The Bertz CT molecular complexity index is 498. The maximum atomic E-state index is 11.8. The lowest BCUT2D eigenvalue weighted by Gasteiger charge is -2.14. The first-order valence-corrected chi connectivity index (χ1v) is 8.00. The predicted octanol–water partition coefficient (Wildman–Crippen LogP) is 1.27. The summed E-state index contributed by atoms with van der Waals surface area (Å²) in [4.78, 5) is 12.9. The number of amides is 1. The van der Waals surface area contributed by atoms with Crippen LogP contribution in [0.15, 0.2) is 20.1 Å². The van der Waals surface area contributed by atoms with Gasteiger partial charge in [-0.2, -0.15) is 0 Å². The van der Waals surface area contributed by atoms with Gasteiger partial charge >= 0.3 is 0 Å². The summed E-state index contributed by atoms with van der Waals surface area (Å²) in [5.74, 6) is -0.260. The Balaban J connectivity index is 2.70. The number of halogens is 1. The lowest BCUT2D eigenvalue weighted by Crippen LogP contribution is -2.37. The number of carbonyl (C=O) groups excluding carboxylic acids is 1. The van der Waals surface area contributed by atoms with Crippen molar-refractivity contribution in [3.8, 4) is 0 Å². The van der Waals surface area contributed by atoms with Gasteiger partial charge in [0.1, 0.15) is 4.21 Å². The highest BCUT2D eigenvalue weighted by atomic mass is 79.9. The lowest BCUT2D eigenvalue weighted by atomic mass is 10.5. The van der Waals surface area contributed by atoms with Crippen molar-refractivity contribution in [1.82, 2.24) is 9.62 Å². The molecule has 1 amide bonds. The second-order valence-corrected chi connectivity index (χ2v) is 7.02. The van der Waals surface area contributed by atoms with E-state index in [1.54, 1.807) is 18.5 Å². The normalized spacial score (nSPS) is 11.5. The first-order chi connectivity index (χ1) is 7.88. The van der Waals surface area contributed by atoms with E-state index in [1.165, 1.54) is 4.90 Å². The van der Waals surface area contributed by atoms with E-state index in [0.29, 0.717) is 11.0 Å². The van der Waals surface area contributed by atoms with Crippen molar-refractivity contribution in [2.45, 2.75) is 11.1 Å². The molecule has 8 heteroatoms. The Morgan fingerprint density at radius 1 is 1.59 bits per heavy atom. The van der Waals surface area contributed by atoms with Gasteiger partial charge in [0.25, 0.3) is 10.0 Å². The van der Waals surface area contributed by atoms with Crippen LogP contribution in [-0.4, -0.2) is 39.4 Å². The Labute approximate surface area is 113 Å². The van der Waals surface area contributed by atoms with E-state index >= 15 is 0 Å². The van der Waals surface area contributed by atoms with Gasteiger partial charge in [0.2, 0.25) is 5.91 Å². The minimum Gasteiger partial charge on any atom is -0.345 e. The number of hydrogen-bond acceptors (Lipinski definition) is 4. The fraction of sp³-hybridized carbons (Fsp3) is 0.444. The zero-order chi connectivity index (χ0) is 13.1. The summed E-state index contributed by atoms with van der Waals surface area (Å²) >= 11 is 4.25. The van der Waals surface area contributed by atoms with Gasteiger partial charge in [-0.3, -0.25) is 4.79 Å². The molecule has 0 atom stereocenters. The highest BCUT2D eigenvalue weighted by Gasteiger charge is 2.20. The number of likely N-dealkylation sites (N-methyl/N-ethyl adjacent to an activating group) is 1. The van der Waals surface area contributed by atoms with Gasteiger partial charge in [-0.1, -0.05) is 0 Å². The molecule has 0 aliphatic heterocycles. The van der Waals surface area contributed by atoms with Crippen LogP contribution >= 0.6 is 27.3 Å². The first kappa shape index (κ1) is 14.6. The van der Waals surface area contributed by atoms with Crippen LogP contribution in [-0.2, 0) is 14.8 Å². The van der Waals surface area contributed by atoms with E-state index in [0.717, 1.165) is 11.3 Å². The largest absolute Gasteiger partial charge is 0.345 e. The highest BCUT2D eigenvalue weighted by Crippen LogP contribution is 2.27. The molecule has 0 aliphatic carbocycles. The molecule has 5 nitrogen and oxygen atoms in total. The predicted molar refractivity (Wildman–Crippen MR) is 70.5 cm³/mol. The number of rotatable bonds is 5. The second kappa shape index (κ2) is 5.94.